The van der Waals surface area contributed by atoms with E-state index in [1.165, 1.54) is 25.3 Å². The van der Waals surface area contributed by atoms with Crippen molar-refractivity contribution in [3.63, 3.8) is 0 Å². The molecule has 0 radical (unpaired) electrons. The van der Waals surface area contributed by atoms with E-state index in [9.17, 15) is 4.79 Å². The molecule has 1 amide bonds. The van der Waals surface area contributed by atoms with Crippen LogP contribution in [0.2, 0.25) is 0 Å². The Hall–Kier alpha value is -2.90. The van der Waals surface area contributed by atoms with Crippen LogP contribution in [0.1, 0.15) is 53.1 Å². The second-order valence-corrected chi connectivity index (χ2v) is 10.8. The minimum atomic E-state index is -0.479. The van der Waals surface area contributed by atoms with Crippen molar-refractivity contribution >= 4 is 17.4 Å². The summed E-state index contributed by atoms with van der Waals surface area (Å²) >= 11 is 0. The van der Waals surface area contributed by atoms with Crippen LogP contribution in [0.3, 0.4) is 0 Å². The van der Waals surface area contributed by atoms with Crippen molar-refractivity contribution in [1.29, 1.82) is 0 Å². The fraction of sp³-hybridized carbons (Fsp3) is 0.538. The second kappa shape index (κ2) is 7.55. The summed E-state index contributed by atoms with van der Waals surface area (Å²) in [6.07, 6.45) is 6.43. The molecule has 3 fully saturated rings. The molecule has 34 heavy (non-hydrogen) atoms. The summed E-state index contributed by atoms with van der Waals surface area (Å²) in [6, 6.07) is 2.79. The molecule has 0 spiro atoms. The lowest BCUT2D eigenvalue weighted by molar-refractivity contribution is 0.0912. The summed E-state index contributed by atoms with van der Waals surface area (Å²) in [5.74, 6) is 1.91. The maximum Gasteiger partial charge on any atom is 0.253 e. The molecule has 6 nitrogen and oxygen atoms in total. The van der Waals surface area contributed by atoms with E-state index in [2.05, 4.69) is 15.6 Å². The third-order valence-corrected chi connectivity index (χ3v) is 8.45. The van der Waals surface area contributed by atoms with Crippen LogP contribution in [-0.2, 0) is 6.42 Å². The smallest absolute Gasteiger partial charge is 0.253 e. The Bertz CT molecular complexity index is 1180. The van der Waals surface area contributed by atoms with Gasteiger partial charge in [-0.15, -0.1) is 0 Å². The van der Waals surface area contributed by atoms with Crippen LogP contribution in [-0.4, -0.2) is 43.2 Å². The Morgan fingerprint density at radius 2 is 2.00 bits per heavy atom. The van der Waals surface area contributed by atoms with Crippen LogP contribution in [0.5, 0.6) is 5.75 Å². The molecule has 4 heterocycles. The normalized spacial score (nSPS) is 30.4. The van der Waals surface area contributed by atoms with Crippen molar-refractivity contribution in [1.82, 2.24) is 10.3 Å². The number of halogens is 2. The number of carbonyl (C=O) groups is 1. The first-order chi connectivity index (χ1) is 16.5. The molecule has 1 saturated heterocycles. The van der Waals surface area contributed by atoms with Crippen LogP contribution in [0.4, 0.5) is 20.3 Å². The van der Waals surface area contributed by atoms with E-state index in [4.69, 9.17) is 4.74 Å². The molecule has 178 valence electrons. The van der Waals surface area contributed by atoms with E-state index in [-0.39, 0.29) is 30.2 Å². The van der Waals surface area contributed by atoms with Crippen molar-refractivity contribution in [2.24, 2.45) is 17.8 Å². The summed E-state index contributed by atoms with van der Waals surface area (Å²) in [7, 11) is 0. The zero-order valence-corrected chi connectivity index (χ0v) is 18.9. The van der Waals surface area contributed by atoms with Gasteiger partial charge in [-0.3, -0.25) is 4.79 Å². The topological polar surface area (TPSA) is 66.5 Å². The summed E-state index contributed by atoms with van der Waals surface area (Å²) < 4.78 is 36.3. The lowest BCUT2D eigenvalue weighted by Gasteiger charge is -2.35. The van der Waals surface area contributed by atoms with Gasteiger partial charge in [-0.05, 0) is 61.0 Å². The van der Waals surface area contributed by atoms with Gasteiger partial charge in [0.05, 0.1) is 17.3 Å². The first kappa shape index (κ1) is 20.5. The lowest BCUT2D eigenvalue weighted by atomic mass is 9.96. The van der Waals surface area contributed by atoms with Crippen molar-refractivity contribution in [2.75, 3.05) is 36.5 Å². The fourth-order valence-electron chi connectivity index (χ4n) is 6.57. The number of anilines is 2. The number of amides is 1. The van der Waals surface area contributed by atoms with Crippen molar-refractivity contribution < 1.29 is 18.3 Å². The number of pyridine rings is 1. The highest BCUT2D eigenvalue weighted by molar-refractivity contribution is 5.94. The monoisotopic (exact) mass is 466 g/mol. The highest BCUT2D eigenvalue weighted by atomic mass is 19.1. The summed E-state index contributed by atoms with van der Waals surface area (Å²) in [5, 5.41) is 6.25. The minimum Gasteiger partial charge on any atom is -0.488 e. The van der Waals surface area contributed by atoms with E-state index in [1.54, 1.807) is 6.20 Å². The molecule has 2 unspecified atom stereocenters. The number of piperidine rings is 1. The Kier molecular flexibility index (Phi) is 4.55. The zero-order valence-electron chi connectivity index (χ0n) is 18.9. The molecule has 2 saturated carbocycles. The summed E-state index contributed by atoms with van der Waals surface area (Å²) in [6.45, 7) is 2.60. The van der Waals surface area contributed by atoms with Gasteiger partial charge in [0.15, 0.2) is 11.6 Å². The maximum absolute atomic E-state index is 15.4. The van der Waals surface area contributed by atoms with Gasteiger partial charge in [-0.25, -0.2) is 13.8 Å². The van der Waals surface area contributed by atoms with Gasteiger partial charge in [-0.2, -0.15) is 0 Å². The number of benzene rings is 1. The predicted octanol–water partition coefficient (Wildman–Crippen LogP) is 3.86. The molecule has 1 aromatic carbocycles. The van der Waals surface area contributed by atoms with Gasteiger partial charge in [0.2, 0.25) is 0 Å². The molecule has 2 aliphatic carbocycles. The fourth-order valence-corrected chi connectivity index (χ4v) is 6.57. The van der Waals surface area contributed by atoms with Crippen LogP contribution in [0.15, 0.2) is 18.3 Å². The molecule has 7 rings (SSSR count). The standard InChI is InChI=1S/C26H28F2N4O2/c27-21-7-22(32-10-13-1-2-14(3-13)11-32)23(28)24-20(21)6-17(12-34-24)31-26(33)16-5-19-18-4-15(18)8-29-25(19)30-9-16/h5,7,9,13-15,17-18H,1-4,6,8,10-12H2,(H,29,30)(H,31,33)/t13?,14?,15-,17+,18-/m0/s1. The average Bonchev–Trinajstić information content (AvgIpc) is 3.58. The molecular formula is C26H28F2N4O2. The summed E-state index contributed by atoms with van der Waals surface area (Å²) in [5.41, 5.74) is 2.09. The number of carbonyl (C=O) groups excluding carboxylic acids is 1. The lowest BCUT2D eigenvalue weighted by Crippen LogP contribution is -2.43. The van der Waals surface area contributed by atoms with Gasteiger partial charge < -0.3 is 20.3 Å². The van der Waals surface area contributed by atoms with Gasteiger partial charge in [0.25, 0.3) is 5.91 Å². The number of nitrogens with zero attached hydrogens (tertiary/aromatic N) is 2. The first-order valence-electron chi connectivity index (χ1n) is 12.5. The Morgan fingerprint density at radius 1 is 1.18 bits per heavy atom. The molecule has 2 N–H and O–H groups in total. The molecule has 2 aromatic rings. The largest absolute Gasteiger partial charge is 0.488 e. The molecule has 5 aliphatic rings. The van der Waals surface area contributed by atoms with E-state index in [0.29, 0.717) is 34.9 Å². The molecule has 1 aromatic heterocycles. The number of hydrogen-bond donors (Lipinski definition) is 2. The highest BCUT2D eigenvalue weighted by Gasteiger charge is 2.43. The SMILES string of the molecule is O=C(N[C@H]1COc2c(F)c(N3CC4CCC(C4)C3)cc(F)c2C1)c1cnc2c(c1)[C@H]1C[C@H]1CN2. The highest BCUT2D eigenvalue weighted by Crippen LogP contribution is 2.52. The number of aromatic nitrogens is 1. The molecular weight excluding hydrogens is 438 g/mol. The number of ether oxygens (including phenoxy) is 1. The van der Waals surface area contributed by atoms with Crippen LogP contribution >= 0.6 is 0 Å². The number of nitrogens with one attached hydrogen (secondary N) is 2. The minimum absolute atomic E-state index is 0.000263. The molecule has 5 atom stereocenters. The van der Waals surface area contributed by atoms with Gasteiger partial charge in [0, 0.05) is 43.9 Å². The Labute approximate surface area is 197 Å². The Balaban J connectivity index is 1.08. The quantitative estimate of drug-likeness (QED) is 0.719. The van der Waals surface area contributed by atoms with Crippen LogP contribution < -0.4 is 20.3 Å². The van der Waals surface area contributed by atoms with Gasteiger partial charge >= 0.3 is 0 Å². The summed E-state index contributed by atoms with van der Waals surface area (Å²) in [4.78, 5) is 19.3. The second-order valence-electron chi connectivity index (χ2n) is 10.8. The average molecular weight is 467 g/mol. The molecule has 3 aliphatic heterocycles. The van der Waals surface area contributed by atoms with Crippen LogP contribution in [0, 0.1) is 29.4 Å². The Morgan fingerprint density at radius 3 is 2.82 bits per heavy atom. The number of rotatable bonds is 3. The predicted molar refractivity (Wildman–Crippen MR) is 123 cm³/mol. The van der Waals surface area contributed by atoms with E-state index >= 15 is 8.78 Å². The van der Waals surface area contributed by atoms with Crippen molar-refractivity contribution in [3.8, 4) is 5.75 Å². The third kappa shape index (κ3) is 3.33. The van der Waals surface area contributed by atoms with Crippen molar-refractivity contribution in [3.05, 3.63) is 46.7 Å². The first-order valence-corrected chi connectivity index (χ1v) is 12.5. The van der Waals surface area contributed by atoms with E-state index in [1.807, 2.05) is 11.0 Å². The molecule has 2 bridgehead atoms. The van der Waals surface area contributed by atoms with Gasteiger partial charge in [-0.1, -0.05) is 0 Å². The van der Waals surface area contributed by atoms with Gasteiger partial charge in [0.1, 0.15) is 18.2 Å². The maximum atomic E-state index is 15.4. The van der Waals surface area contributed by atoms with Crippen molar-refractivity contribution in [2.45, 2.75) is 44.1 Å². The molecule has 8 heteroatoms. The zero-order chi connectivity index (χ0) is 23.0. The number of hydrogen-bond acceptors (Lipinski definition) is 5. The van der Waals surface area contributed by atoms with E-state index < -0.39 is 17.7 Å². The third-order valence-electron chi connectivity index (χ3n) is 8.45. The van der Waals surface area contributed by atoms with E-state index in [0.717, 1.165) is 37.4 Å². The number of fused-ring (bicyclic) bond motifs is 6. The van der Waals surface area contributed by atoms with Crippen LogP contribution in [0.25, 0.3) is 0 Å².